The minimum atomic E-state index is 0. The largest absolute Gasteiger partial charge is 0.357 e. The third-order valence-corrected chi connectivity index (χ3v) is 6.30. The molecule has 0 radical (unpaired) electrons. The molecule has 0 atom stereocenters. The van der Waals surface area contributed by atoms with Crippen LogP contribution in [0.15, 0.2) is 10.1 Å². The van der Waals surface area contributed by atoms with Gasteiger partial charge in [-0.05, 0) is 45.3 Å². The Morgan fingerprint density at radius 1 is 1.17 bits per heavy atom. The van der Waals surface area contributed by atoms with Crippen LogP contribution in [-0.4, -0.2) is 70.5 Å². The number of aryl methyl sites for hydroxylation is 1. The summed E-state index contributed by atoms with van der Waals surface area (Å²) in [6.07, 6.45) is 11.2. The molecule has 8 nitrogen and oxygen atoms in total. The van der Waals surface area contributed by atoms with Crippen molar-refractivity contribution in [3.63, 3.8) is 0 Å². The number of guanidine groups is 1. The molecule has 0 unspecified atom stereocenters. The molecule has 30 heavy (non-hydrogen) atoms. The van der Waals surface area contributed by atoms with E-state index in [0.29, 0.717) is 12.0 Å². The molecule has 2 fully saturated rings. The van der Waals surface area contributed by atoms with Crippen LogP contribution in [0.5, 0.6) is 0 Å². The fraction of sp³-hybridized carbons (Fsp3) is 0.800. The third kappa shape index (κ3) is 7.00. The van der Waals surface area contributed by atoms with Crippen molar-refractivity contribution in [1.82, 2.24) is 30.3 Å². The summed E-state index contributed by atoms with van der Waals surface area (Å²) < 4.78 is 2.37. The lowest BCUT2D eigenvalue weighted by atomic mass is 10.2. The minimum absolute atomic E-state index is 0. The van der Waals surface area contributed by atoms with Crippen LogP contribution in [0.2, 0.25) is 0 Å². The van der Waals surface area contributed by atoms with Crippen LogP contribution in [0.3, 0.4) is 0 Å². The van der Waals surface area contributed by atoms with Crippen LogP contribution in [0.25, 0.3) is 0 Å². The Kier molecular flexibility index (Phi) is 11.3. The first kappa shape index (κ1) is 25.2. The lowest BCUT2D eigenvalue weighted by Gasteiger charge is -2.17. The van der Waals surface area contributed by atoms with E-state index in [-0.39, 0.29) is 36.4 Å². The van der Waals surface area contributed by atoms with Gasteiger partial charge in [-0.2, -0.15) is 0 Å². The predicted molar refractivity (Wildman–Crippen MR) is 133 cm³/mol. The molecular weight excluding hydrogens is 513 g/mol. The summed E-state index contributed by atoms with van der Waals surface area (Å²) in [5, 5.41) is 16.5. The van der Waals surface area contributed by atoms with Gasteiger partial charge in [0.05, 0.1) is 0 Å². The van der Waals surface area contributed by atoms with E-state index >= 15 is 0 Å². The van der Waals surface area contributed by atoms with Gasteiger partial charge in [0.1, 0.15) is 12.4 Å². The molecule has 1 aliphatic carbocycles. The van der Waals surface area contributed by atoms with E-state index in [9.17, 15) is 4.79 Å². The zero-order chi connectivity index (χ0) is 20.5. The van der Waals surface area contributed by atoms with Crippen molar-refractivity contribution in [2.45, 2.75) is 69.5 Å². The number of amides is 1. The van der Waals surface area contributed by atoms with Crippen molar-refractivity contribution >= 4 is 47.6 Å². The molecule has 10 heteroatoms. The number of aliphatic imine (C=N–C) groups is 1. The third-order valence-electron chi connectivity index (χ3n) is 5.65. The second kappa shape index (κ2) is 13.4. The molecule has 0 bridgehead atoms. The van der Waals surface area contributed by atoms with Gasteiger partial charge in [-0.25, -0.2) is 4.99 Å². The molecular formula is C20H36IN7OS. The summed E-state index contributed by atoms with van der Waals surface area (Å²) in [5.74, 6) is 1.92. The Balaban J connectivity index is 0.00000320. The van der Waals surface area contributed by atoms with E-state index < -0.39 is 0 Å². The van der Waals surface area contributed by atoms with Crippen LogP contribution >= 0.6 is 35.7 Å². The zero-order valence-corrected chi connectivity index (χ0v) is 21.4. The van der Waals surface area contributed by atoms with Crippen molar-refractivity contribution in [1.29, 1.82) is 0 Å². The van der Waals surface area contributed by atoms with Crippen LogP contribution in [-0.2, 0) is 11.2 Å². The number of carbonyl (C=O) groups excluding carboxylic acids is 1. The molecule has 3 rings (SSSR count). The Morgan fingerprint density at radius 3 is 2.57 bits per heavy atom. The van der Waals surface area contributed by atoms with E-state index in [0.717, 1.165) is 62.8 Å². The second-order valence-electron chi connectivity index (χ2n) is 7.72. The monoisotopic (exact) mass is 549 g/mol. The minimum Gasteiger partial charge on any atom is -0.357 e. The van der Waals surface area contributed by atoms with Crippen LogP contribution in [0, 0.1) is 0 Å². The predicted octanol–water partition coefficient (Wildman–Crippen LogP) is 2.84. The highest BCUT2D eigenvalue weighted by Crippen LogP contribution is 2.33. The van der Waals surface area contributed by atoms with Crippen LogP contribution in [0.4, 0.5) is 0 Å². The van der Waals surface area contributed by atoms with Gasteiger partial charge in [-0.3, -0.25) is 4.79 Å². The molecule has 1 saturated heterocycles. The fourth-order valence-corrected chi connectivity index (χ4v) is 4.73. The van der Waals surface area contributed by atoms with Crippen LogP contribution in [0.1, 0.15) is 63.7 Å². The number of hydrogen-bond donors (Lipinski definition) is 2. The molecule has 1 aromatic heterocycles. The summed E-state index contributed by atoms with van der Waals surface area (Å²) in [6.45, 7) is 5.55. The molecule has 170 valence electrons. The molecule has 1 amide bonds. The van der Waals surface area contributed by atoms with E-state index in [4.69, 9.17) is 0 Å². The van der Waals surface area contributed by atoms with Crippen molar-refractivity contribution < 1.29 is 4.79 Å². The summed E-state index contributed by atoms with van der Waals surface area (Å²) in [5.41, 5.74) is 0. The molecule has 1 aliphatic heterocycles. The highest BCUT2D eigenvalue weighted by Gasteiger charge is 2.23. The van der Waals surface area contributed by atoms with E-state index in [2.05, 4.69) is 36.6 Å². The first-order valence-corrected chi connectivity index (χ1v) is 12.2. The van der Waals surface area contributed by atoms with Gasteiger partial charge in [-0.15, -0.1) is 34.2 Å². The number of nitrogens with zero attached hydrogens (tertiary/aromatic N) is 5. The van der Waals surface area contributed by atoms with Crippen molar-refractivity contribution in [3.8, 4) is 0 Å². The van der Waals surface area contributed by atoms with Gasteiger partial charge in [-0.1, -0.05) is 24.6 Å². The average molecular weight is 550 g/mol. The smallest absolute Gasteiger partial charge is 0.244 e. The van der Waals surface area contributed by atoms with Crippen molar-refractivity contribution in [2.24, 2.45) is 4.99 Å². The van der Waals surface area contributed by atoms with E-state index in [1.54, 1.807) is 11.8 Å². The first-order chi connectivity index (χ1) is 14.2. The molecule has 2 heterocycles. The molecule has 2 aliphatic rings. The highest BCUT2D eigenvalue weighted by molar-refractivity contribution is 14.0. The van der Waals surface area contributed by atoms with Crippen molar-refractivity contribution in [2.75, 3.05) is 39.0 Å². The number of likely N-dealkylation sites (tertiary alicyclic amines) is 1. The quantitative estimate of drug-likeness (QED) is 0.162. The summed E-state index contributed by atoms with van der Waals surface area (Å²) in [7, 11) is 0. The molecule has 0 aromatic carbocycles. The first-order valence-electron chi connectivity index (χ1n) is 11.0. The normalized spacial score (nSPS) is 17.3. The van der Waals surface area contributed by atoms with Crippen molar-refractivity contribution in [3.05, 3.63) is 5.82 Å². The number of thioether (sulfide) groups is 1. The van der Waals surface area contributed by atoms with Gasteiger partial charge in [0.2, 0.25) is 5.91 Å². The lowest BCUT2D eigenvalue weighted by molar-refractivity contribution is -0.128. The topological polar surface area (TPSA) is 87.4 Å². The maximum atomic E-state index is 12.2. The Morgan fingerprint density at radius 2 is 1.90 bits per heavy atom. The number of halogens is 1. The fourth-order valence-electron chi connectivity index (χ4n) is 4.15. The summed E-state index contributed by atoms with van der Waals surface area (Å²) in [6, 6.07) is 0.561. The maximum absolute atomic E-state index is 12.2. The lowest BCUT2D eigenvalue weighted by Crippen LogP contribution is -2.39. The van der Waals surface area contributed by atoms with Crippen LogP contribution < -0.4 is 10.6 Å². The maximum Gasteiger partial charge on any atom is 0.244 e. The molecule has 1 aromatic rings. The molecule has 0 spiro atoms. The number of carbonyl (C=O) groups is 1. The highest BCUT2D eigenvalue weighted by atomic mass is 127. The molecule has 1 saturated carbocycles. The van der Waals surface area contributed by atoms with Gasteiger partial charge >= 0.3 is 0 Å². The summed E-state index contributed by atoms with van der Waals surface area (Å²) >= 11 is 1.68. The van der Waals surface area contributed by atoms with Gasteiger partial charge in [0.25, 0.3) is 0 Å². The van der Waals surface area contributed by atoms with Gasteiger partial charge < -0.3 is 20.1 Å². The van der Waals surface area contributed by atoms with Gasteiger partial charge in [0, 0.05) is 38.6 Å². The number of nitrogens with one attached hydrogen (secondary N) is 2. The Bertz CT molecular complexity index is 685. The SMILES string of the molecule is CCNC(=NCC(=O)N1CCCC1)NCCCc1nnc(SC)n1C1CCCC1.I. The number of hydrogen-bond acceptors (Lipinski definition) is 5. The summed E-state index contributed by atoms with van der Waals surface area (Å²) in [4.78, 5) is 18.6. The number of rotatable bonds is 9. The Hall–Kier alpha value is -1.04. The standard InChI is InChI=1S/C20H35N7OS.HI/c1-3-21-19(23-15-18(28)26-13-6-7-14-26)22-12-8-11-17-24-25-20(29-2)27(17)16-9-4-5-10-16;/h16H,3-15H2,1-2H3,(H2,21,22,23);1H. The zero-order valence-electron chi connectivity index (χ0n) is 18.2. The van der Waals surface area contributed by atoms with E-state index in [1.807, 2.05) is 11.8 Å². The average Bonchev–Trinajstić information content (AvgIpc) is 3.49. The number of aromatic nitrogens is 3. The Labute approximate surface area is 201 Å². The molecule has 2 N–H and O–H groups in total. The van der Waals surface area contributed by atoms with E-state index in [1.165, 1.54) is 25.7 Å². The second-order valence-corrected chi connectivity index (χ2v) is 8.50. The van der Waals surface area contributed by atoms with Gasteiger partial charge in [0.15, 0.2) is 11.1 Å².